The molecule has 0 radical (unpaired) electrons. The highest BCUT2D eigenvalue weighted by atomic mass is 32.1. The number of nitrogens with one attached hydrogen (secondary N) is 1. The van der Waals surface area contributed by atoms with Gasteiger partial charge in [-0.3, -0.25) is 10.1 Å². The maximum absolute atomic E-state index is 12.9. The molecule has 156 valence electrons. The molecule has 0 spiro atoms. The summed E-state index contributed by atoms with van der Waals surface area (Å²) in [5, 5.41) is 3.58. The summed E-state index contributed by atoms with van der Waals surface area (Å²) in [5.41, 5.74) is 4.73. The Kier molecular flexibility index (Phi) is 6.43. The van der Waals surface area contributed by atoms with E-state index in [9.17, 15) is 4.79 Å². The van der Waals surface area contributed by atoms with Gasteiger partial charge in [0.05, 0.1) is 10.6 Å². The van der Waals surface area contributed by atoms with Gasteiger partial charge >= 0.3 is 0 Å². The summed E-state index contributed by atoms with van der Waals surface area (Å²) < 4.78 is 0. The number of anilines is 2. The van der Waals surface area contributed by atoms with Gasteiger partial charge in [-0.15, -0.1) is 0 Å². The predicted octanol–water partition coefficient (Wildman–Crippen LogP) is 6.58. The molecule has 0 saturated carbocycles. The average molecular weight is 428 g/mol. The quantitative estimate of drug-likeness (QED) is 0.362. The molecule has 1 N–H and O–H groups in total. The number of nitrogens with zero attached hydrogens (tertiary/aromatic N) is 2. The summed E-state index contributed by atoms with van der Waals surface area (Å²) in [7, 11) is 0. The first-order valence-corrected chi connectivity index (χ1v) is 11.3. The van der Waals surface area contributed by atoms with Gasteiger partial charge in [-0.2, -0.15) is 0 Å². The summed E-state index contributed by atoms with van der Waals surface area (Å²) >= 11 is 1.49. The zero-order chi connectivity index (χ0) is 21.6. The summed E-state index contributed by atoms with van der Waals surface area (Å²) in [6, 6.07) is 28.0. The molecule has 4 nitrogen and oxygen atoms in total. The van der Waals surface area contributed by atoms with Crippen LogP contribution in [0.25, 0.3) is 21.7 Å². The Labute approximate surface area is 187 Å². The van der Waals surface area contributed by atoms with Crippen molar-refractivity contribution >= 4 is 28.1 Å². The molecule has 1 aromatic heterocycles. The molecule has 4 aromatic rings. The van der Waals surface area contributed by atoms with Gasteiger partial charge in [0.2, 0.25) is 0 Å². The second kappa shape index (κ2) is 9.58. The Hall–Kier alpha value is -3.44. The van der Waals surface area contributed by atoms with E-state index in [0.29, 0.717) is 10.7 Å². The first kappa shape index (κ1) is 20.8. The highest BCUT2D eigenvalue weighted by Gasteiger charge is 2.17. The van der Waals surface area contributed by atoms with Crippen molar-refractivity contribution in [2.45, 2.75) is 13.8 Å². The second-order valence-corrected chi connectivity index (χ2v) is 8.10. The second-order valence-electron chi connectivity index (χ2n) is 7.10. The Bertz CT molecular complexity index is 1080. The zero-order valence-electron chi connectivity index (χ0n) is 17.7. The molecule has 0 aliphatic heterocycles. The molecule has 1 heterocycles. The third-order valence-corrected chi connectivity index (χ3v) is 6.21. The lowest BCUT2D eigenvalue weighted by molar-refractivity contribution is 0.102. The van der Waals surface area contributed by atoms with Gasteiger partial charge in [-0.05, 0) is 43.7 Å². The maximum atomic E-state index is 12.9. The van der Waals surface area contributed by atoms with Crippen LogP contribution in [0.4, 0.5) is 10.8 Å². The van der Waals surface area contributed by atoms with Gasteiger partial charge in [0.25, 0.3) is 5.91 Å². The summed E-state index contributed by atoms with van der Waals surface area (Å²) in [6.07, 6.45) is 0. The fraction of sp³-hybridized carbons (Fsp3) is 0.154. The molecule has 31 heavy (non-hydrogen) atoms. The molecule has 5 heteroatoms. The maximum Gasteiger partial charge on any atom is 0.257 e. The topological polar surface area (TPSA) is 45.2 Å². The number of thiazole rings is 1. The van der Waals surface area contributed by atoms with E-state index in [4.69, 9.17) is 4.98 Å². The number of hydrogen-bond donors (Lipinski definition) is 1. The smallest absolute Gasteiger partial charge is 0.257 e. The van der Waals surface area contributed by atoms with E-state index in [1.807, 2.05) is 72.8 Å². The monoisotopic (exact) mass is 427 g/mol. The highest BCUT2D eigenvalue weighted by molar-refractivity contribution is 7.19. The van der Waals surface area contributed by atoms with Crippen LogP contribution in [0.3, 0.4) is 0 Å². The number of carbonyl (C=O) groups excluding carboxylic acids is 1. The standard InChI is InChI=1S/C26H25N3OS/c1-3-29(4-2)22-17-15-21(16-18-22)25(30)28-26-27-23(19-11-7-5-8-12-19)24(31-26)20-13-9-6-10-14-20/h5-18H,3-4H2,1-2H3,(H,27,28,30). The van der Waals surface area contributed by atoms with E-state index < -0.39 is 0 Å². The number of benzene rings is 3. The van der Waals surface area contributed by atoms with Crippen LogP contribution in [-0.2, 0) is 0 Å². The largest absolute Gasteiger partial charge is 0.372 e. The van der Waals surface area contributed by atoms with Gasteiger partial charge in [-0.1, -0.05) is 72.0 Å². The minimum atomic E-state index is -0.154. The van der Waals surface area contributed by atoms with Crippen LogP contribution in [0.1, 0.15) is 24.2 Å². The van der Waals surface area contributed by atoms with Crippen LogP contribution in [0.15, 0.2) is 84.9 Å². The minimum absolute atomic E-state index is 0.154. The van der Waals surface area contributed by atoms with Crippen molar-refractivity contribution in [1.82, 2.24) is 4.98 Å². The molecule has 0 atom stereocenters. The van der Waals surface area contributed by atoms with E-state index >= 15 is 0 Å². The van der Waals surface area contributed by atoms with E-state index in [-0.39, 0.29) is 5.91 Å². The number of rotatable bonds is 7. The summed E-state index contributed by atoms with van der Waals surface area (Å²) in [4.78, 5) is 20.9. The Morgan fingerprint density at radius 3 is 2.00 bits per heavy atom. The fourth-order valence-electron chi connectivity index (χ4n) is 3.53. The molecular weight excluding hydrogens is 402 g/mol. The van der Waals surface area contributed by atoms with Crippen molar-refractivity contribution < 1.29 is 4.79 Å². The fourth-order valence-corrected chi connectivity index (χ4v) is 4.52. The van der Waals surface area contributed by atoms with Gasteiger partial charge in [0.1, 0.15) is 0 Å². The molecule has 0 bridgehead atoms. The van der Waals surface area contributed by atoms with Crippen molar-refractivity contribution in [2.24, 2.45) is 0 Å². The Morgan fingerprint density at radius 1 is 0.839 bits per heavy atom. The molecule has 3 aromatic carbocycles. The average Bonchev–Trinajstić information content (AvgIpc) is 3.25. The van der Waals surface area contributed by atoms with Gasteiger partial charge in [-0.25, -0.2) is 4.98 Å². The lowest BCUT2D eigenvalue weighted by atomic mass is 10.1. The third kappa shape index (κ3) is 4.67. The van der Waals surface area contributed by atoms with E-state index in [2.05, 4.69) is 36.2 Å². The van der Waals surface area contributed by atoms with E-state index in [1.165, 1.54) is 11.3 Å². The first-order chi connectivity index (χ1) is 15.2. The molecule has 0 aliphatic rings. The van der Waals surface area contributed by atoms with Crippen LogP contribution >= 0.6 is 11.3 Å². The molecule has 0 aliphatic carbocycles. The Morgan fingerprint density at radius 2 is 1.42 bits per heavy atom. The van der Waals surface area contributed by atoms with Gasteiger partial charge in [0, 0.05) is 29.9 Å². The lowest BCUT2D eigenvalue weighted by Gasteiger charge is -2.20. The van der Waals surface area contributed by atoms with Crippen LogP contribution < -0.4 is 10.2 Å². The molecule has 0 fully saturated rings. The van der Waals surface area contributed by atoms with Crippen LogP contribution in [-0.4, -0.2) is 24.0 Å². The normalized spacial score (nSPS) is 10.6. The number of carbonyl (C=O) groups is 1. The zero-order valence-corrected chi connectivity index (χ0v) is 18.5. The van der Waals surface area contributed by atoms with Crippen LogP contribution in [0.5, 0.6) is 0 Å². The lowest BCUT2D eigenvalue weighted by Crippen LogP contribution is -2.21. The van der Waals surface area contributed by atoms with Crippen molar-refractivity contribution in [3.8, 4) is 21.7 Å². The van der Waals surface area contributed by atoms with E-state index in [1.54, 1.807) is 0 Å². The minimum Gasteiger partial charge on any atom is -0.372 e. The molecule has 0 unspecified atom stereocenters. The Balaban J connectivity index is 1.61. The van der Waals surface area contributed by atoms with Crippen molar-refractivity contribution in [3.05, 3.63) is 90.5 Å². The van der Waals surface area contributed by atoms with Crippen LogP contribution in [0, 0.1) is 0 Å². The SMILES string of the molecule is CCN(CC)c1ccc(C(=O)Nc2nc(-c3ccccc3)c(-c3ccccc3)s2)cc1. The van der Waals surface area contributed by atoms with Crippen molar-refractivity contribution in [2.75, 3.05) is 23.3 Å². The number of hydrogen-bond acceptors (Lipinski definition) is 4. The molecule has 4 rings (SSSR count). The highest BCUT2D eigenvalue weighted by Crippen LogP contribution is 2.39. The predicted molar refractivity (Wildman–Crippen MR) is 131 cm³/mol. The summed E-state index contributed by atoms with van der Waals surface area (Å²) in [6.45, 7) is 6.12. The van der Waals surface area contributed by atoms with Crippen molar-refractivity contribution in [3.63, 3.8) is 0 Å². The number of aromatic nitrogens is 1. The number of amides is 1. The van der Waals surface area contributed by atoms with Gasteiger partial charge < -0.3 is 4.90 Å². The first-order valence-electron chi connectivity index (χ1n) is 10.5. The molecular formula is C26H25N3OS. The van der Waals surface area contributed by atoms with E-state index in [0.717, 1.165) is 40.5 Å². The molecule has 1 amide bonds. The van der Waals surface area contributed by atoms with Crippen molar-refractivity contribution in [1.29, 1.82) is 0 Å². The third-order valence-electron chi connectivity index (χ3n) is 5.19. The molecule has 0 saturated heterocycles. The summed E-state index contributed by atoms with van der Waals surface area (Å²) in [5.74, 6) is -0.154. The van der Waals surface area contributed by atoms with Gasteiger partial charge in [0.15, 0.2) is 5.13 Å². The van der Waals surface area contributed by atoms with Crippen LogP contribution in [0.2, 0.25) is 0 Å².